The van der Waals surface area contributed by atoms with Crippen LogP contribution in [0.15, 0.2) is 176 Å². The van der Waals surface area contributed by atoms with Gasteiger partial charge in [-0.15, -0.1) is 0 Å². The molecule has 0 amide bonds. The fraction of sp³-hybridized carbons (Fsp3) is 0.0328. The molecule has 0 bridgehead atoms. The van der Waals surface area contributed by atoms with E-state index in [0.717, 1.165) is 60.8 Å². The summed E-state index contributed by atoms with van der Waals surface area (Å²) in [5.41, 5.74) is 10.5. The van der Waals surface area contributed by atoms with Gasteiger partial charge in [0.05, 0.1) is 70.9 Å². The molecule has 0 radical (unpaired) electrons. The normalized spacial score (nSPS) is 11.3. The number of benzene rings is 9. The highest BCUT2D eigenvalue weighted by molar-refractivity contribution is 6.13. The quantitative estimate of drug-likeness (QED) is 0.156. The molecule has 0 fully saturated rings. The first-order valence-corrected chi connectivity index (χ1v) is 22.3. The molecule has 0 aliphatic rings. The summed E-state index contributed by atoms with van der Waals surface area (Å²) < 4.78 is 49.2. The number of aromatic nitrogens is 2. The van der Waals surface area contributed by atoms with Crippen molar-refractivity contribution in [2.75, 3.05) is 0 Å². The molecule has 0 saturated carbocycles. The average Bonchev–Trinajstić information content (AvgIpc) is 3.91. The number of nitriles is 2. The molecule has 2 heterocycles. The zero-order chi connectivity index (χ0) is 49.1. The lowest BCUT2D eigenvalue weighted by atomic mass is 9.90. The van der Waals surface area contributed by atoms with E-state index in [1.807, 2.05) is 97.1 Å². The van der Waals surface area contributed by atoms with Crippen LogP contribution in [0.4, 0.5) is 30.2 Å². The summed E-state index contributed by atoms with van der Waals surface area (Å²) in [6, 6.07) is 57.2. The van der Waals surface area contributed by atoms with Gasteiger partial charge in [0.2, 0.25) is 0 Å². The number of nitrogens with zero attached hydrogens (tertiary/aromatic N) is 7. The lowest BCUT2D eigenvalue weighted by molar-refractivity contribution is -0.137. The number of aryl methyl sites for hydroxylation is 1. The van der Waals surface area contributed by atoms with E-state index in [0.29, 0.717) is 72.9 Å². The molecule has 0 aliphatic carbocycles. The van der Waals surface area contributed by atoms with Crippen LogP contribution in [-0.2, 0) is 6.18 Å². The van der Waals surface area contributed by atoms with Crippen LogP contribution in [0, 0.1) is 49.3 Å². The minimum Gasteiger partial charge on any atom is -0.309 e. The van der Waals surface area contributed by atoms with E-state index in [1.165, 1.54) is 6.07 Å². The van der Waals surface area contributed by atoms with Crippen LogP contribution in [0.25, 0.3) is 114 Å². The highest BCUT2D eigenvalue weighted by Crippen LogP contribution is 2.47. The Kier molecular flexibility index (Phi) is 10.3. The summed E-state index contributed by atoms with van der Waals surface area (Å²) >= 11 is 0. The first-order valence-electron chi connectivity index (χ1n) is 22.3. The number of hydrogen-bond acceptors (Lipinski definition) is 2. The van der Waals surface area contributed by atoms with E-state index in [2.05, 4.69) is 35.8 Å². The lowest BCUT2D eigenvalue weighted by Gasteiger charge is -2.22. The van der Waals surface area contributed by atoms with Crippen LogP contribution in [0.2, 0.25) is 0 Å². The number of alkyl halides is 3. The molecular weight excluding hydrogens is 888 g/mol. The Morgan fingerprint density at radius 2 is 1.01 bits per heavy atom. The summed E-state index contributed by atoms with van der Waals surface area (Å²) in [4.78, 5) is 11.1. The number of rotatable bonds is 6. The van der Waals surface area contributed by atoms with Crippen LogP contribution < -0.4 is 0 Å². The predicted octanol–water partition coefficient (Wildman–Crippen LogP) is 17.3. The summed E-state index contributed by atoms with van der Waals surface area (Å²) in [6.07, 6.45) is -4.66. The van der Waals surface area contributed by atoms with Crippen LogP contribution in [0.3, 0.4) is 0 Å². The standard InChI is InChI=1S/C61H32F3N7/c1-36-10-9-13-52(61(62,63)64)60(36)40-19-26-58(70-54-14-7-5-11-46(54)48-30-38(17-24-56(48)70)44-23-20-42(67-2)29-41(44)35-66)50(32-40)51-33-43(68-3)21-27-59(51)71-55-15-8-6-12-47(55)49-31-39(18-25-57(49)71)45-22-16-37(34-65)28-53(45)69-4/h5-33H,1H3. The maximum atomic E-state index is 15.0. The summed E-state index contributed by atoms with van der Waals surface area (Å²) in [5, 5.41) is 23.3. The number of halogens is 3. The molecule has 9 aromatic carbocycles. The molecule has 0 spiro atoms. The molecule has 11 aromatic rings. The Morgan fingerprint density at radius 3 is 1.62 bits per heavy atom. The van der Waals surface area contributed by atoms with Gasteiger partial charge in [0, 0.05) is 38.2 Å². The van der Waals surface area contributed by atoms with Crippen LogP contribution in [0.5, 0.6) is 0 Å². The van der Waals surface area contributed by atoms with Gasteiger partial charge < -0.3 is 9.13 Å². The second-order valence-electron chi connectivity index (χ2n) is 17.1. The minimum absolute atomic E-state index is 0.0473. The molecule has 0 saturated heterocycles. The Balaban J connectivity index is 1.22. The number of hydrogen-bond donors (Lipinski definition) is 0. The van der Waals surface area contributed by atoms with Crippen molar-refractivity contribution in [2.24, 2.45) is 0 Å². The van der Waals surface area contributed by atoms with E-state index >= 15 is 0 Å². The Morgan fingerprint density at radius 1 is 0.465 bits per heavy atom. The topological polar surface area (TPSA) is 70.5 Å². The van der Waals surface area contributed by atoms with E-state index < -0.39 is 11.7 Å². The monoisotopic (exact) mass is 919 g/mol. The lowest BCUT2D eigenvalue weighted by Crippen LogP contribution is -2.08. The van der Waals surface area contributed by atoms with Gasteiger partial charge >= 0.3 is 6.18 Å². The third-order valence-corrected chi connectivity index (χ3v) is 13.2. The third kappa shape index (κ3) is 7.10. The van der Waals surface area contributed by atoms with Gasteiger partial charge in [-0.3, -0.25) is 0 Å². The van der Waals surface area contributed by atoms with Crippen molar-refractivity contribution >= 4 is 60.7 Å². The van der Waals surface area contributed by atoms with E-state index in [9.17, 15) is 23.7 Å². The molecule has 0 aliphatic heterocycles. The first-order chi connectivity index (χ1) is 34.5. The van der Waals surface area contributed by atoms with Crippen molar-refractivity contribution in [1.82, 2.24) is 9.13 Å². The molecule has 0 N–H and O–H groups in total. The molecule has 11 rings (SSSR count). The molecular formula is C61H32F3N7. The van der Waals surface area contributed by atoms with E-state index in [4.69, 9.17) is 19.7 Å². The first kappa shape index (κ1) is 43.4. The number of para-hydroxylation sites is 2. The van der Waals surface area contributed by atoms with Gasteiger partial charge in [-0.1, -0.05) is 91.0 Å². The molecule has 0 unspecified atom stereocenters. The molecule has 0 atom stereocenters. The molecule has 2 aromatic heterocycles. The minimum atomic E-state index is -4.66. The van der Waals surface area contributed by atoms with Gasteiger partial charge in [0.15, 0.2) is 17.1 Å². The summed E-state index contributed by atoms with van der Waals surface area (Å²) in [6.45, 7) is 25.3. The zero-order valence-electron chi connectivity index (χ0n) is 37.5. The van der Waals surface area contributed by atoms with Crippen molar-refractivity contribution in [2.45, 2.75) is 13.1 Å². The molecule has 7 nitrogen and oxygen atoms in total. The third-order valence-electron chi connectivity index (χ3n) is 13.2. The van der Waals surface area contributed by atoms with Crippen LogP contribution in [0.1, 0.15) is 22.3 Å². The van der Waals surface area contributed by atoms with Crippen molar-refractivity contribution in [3.8, 4) is 68.0 Å². The SMILES string of the molecule is [C-]#[N+]c1ccc(-c2ccc3c(c2)c2ccccc2n3-c2ccc(-c3c(C)cccc3C(F)(F)F)cc2-c2cc([N+]#[C-])ccc2-n2c3ccccc3c3cc(-c4ccc(C#N)cc4[N+]#[C-])ccc32)c(C#N)c1. The molecule has 332 valence electrons. The largest absolute Gasteiger partial charge is 0.417 e. The Bertz CT molecular complexity index is 4310. The maximum absolute atomic E-state index is 15.0. The van der Waals surface area contributed by atoms with Gasteiger partial charge in [-0.2, -0.15) is 23.7 Å². The molecule has 71 heavy (non-hydrogen) atoms. The summed E-state index contributed by atoms with van der Waals surface area (Å²) in [5.74, 6) is 0. The second-order valence-corrected chi connectivity index (χ2v) is 17.1. The van der Waals surface area contributed by atoms with Gasteiger partial charge in [-0.05, 0) is 136 Å². The fourth-order valence-corrected chi connectivity index (χ4v) is 10.1. The highest BCUT2D eigenvalue weighted by Gasteiger charge is 2.34. The maximum Gasteiger partial charge on any atom is 0.417 e. The van der Waals surface area contributed by atoms with Crippen molar-refractivity contribution in [3.05, 3.63) is 232 Å². The Labute approximate surface area is 405 Å². The average molecular weight is 920 g/mol. The van der Waals surface area contributed by atoms with E-state index in [-0.39, 0.29) is 5.56 Å². The fourth-order valence-electron chi connectivity index (χ4n) is 10.1. The smallest absolute Gasteiger partial charge is 0.309 e. The number of fused-ring (bicyclic) bond motifs is 6. The van der Waals surface area contributed by atoms with Gasteiger partial charge in [0.25, 0.3) is 0 Å². The van der Waals surface area contributed by atoms with E-state index in [1.54, 1.807) is 73.7 Å². The van der Waals surface area contributed by atoms with Crippen LogP contribution >= 0.6 is 0 Å². The predicted molar refractivity (Wildman–Crippen MR) is 275 cm³/mol. The zero-order valence-corrected chi connectivity index (χ0v) is 37.5. The van der Waals surface area contributed by atoms with Gasteiger partial charge in [-0.25, -0.2) is 14.5 Å². The van der Waals surface area contributed by atoms with Crippen LogP contribution in [-0.4, -0.2) is 9.13 Å². The van der Waals surface area contributed by atoms with Gasteiger partial charge in [0.1, 0.15) is 0 Å². The Hall–Kier alpha value is -10.2. The van der Waals surface area contributed by atoms with Crippen molar-refractivity contribution < 1.29 is 13.2 Å². The summed E-state index contributed by atoms with van der Waals surface area (Å²) in [7, 11) is 0. The second kappa shape index (κ2) is 16.9. The van der Waals surface area contributed by atoms with Crippen molar-refractivity contribution in [1.29, 1.82) is 10.5 Å². The molecule has 10 heteroatoms. The highest BCUT2D eigenvalue weighted by atomic mass is 19.4. The van der Waals surface area contributed by atoms with Crippen molar-refractivity contribution in [3.63, 3.8) is 0 Å².